The first-order valence-electron chi connectivity index (χ1n) is 5.89. The van der Waals surface area contributed by atoms with Crippen molar-refractivity contribution in [2.24, 2.45) is 5.73 Å². The highest BCUT2D eigenvalue weighted by Crippen LogP contribution is 2.05. The van der Waals surface area contributed by atoms with Gasteiger partial charge >= 0.3 is 0 Å². The minimum atomic E-state index is -0.329. The second-order valence-corrected chi connectivity index (χ2v) is 4.20. The van der Waals surface area contributed by atoms with Gasteiger partial charge in [-0.3, -0.25) is 9.69 Å². The molecule has 0 aromatic rings. The monoisotopic (exact) mass is 223 g/mol. The van der Waals surface area contributed by atoms with Crippen LogP contribution in [0.4, 0.5) is 0 Å². The summed E-state index contributed by atoms with van der Waals surface area (Å²) in [4.78, 5) is 15.9. The fourth-order valence-corrected chi connectivity index (χ4v) is 1.92. The smallest absolute Gasteiger partial charge is 0.239 e. The van der Waals surface area contributed by atoms with E-state index in [0.717, 1.165) is 39.0 Å². The summed E-state index contributed by atoms with van der Waals surface area (Å²) in [6, 6.07) is -0.329. The quantitative estimate of drug-likeness (QED) is 0.677. The van der Waals surface area contributed by atoms with Crippen LogP contribution in [0.3, 0.4) is 0 Å². The highest BCUT2D eigenvalue weighted by atomic mass is 16.2. The largest absolute Gasteiger partial charge is 0.339 e. The van der Waals surface area contributed by atoms with E-state index in [2.05, 4.69) is 10.8 Å². The van der Waals surface area contributed by atoms with E-state index in [1.807, 2.05) is 11.8 Å². The summed E-state index contributed by atoms with van der Waals surface area (Å²) < 4.78 is 0. The maximum absolute atomic E-state index is 11.9. The molecule has 1 atom stereocenters. The number of amides is 1. The van der Waals surface area contributed by atoms with Gasteiger partial charge in [0.2, 0.25) is 5.91 Å². The molecule has 1 rings (SSSR count). The number of piperazine rings is 1. The summed E-state index contributed by atoms with van der Waals surface area (Å²) in [5, 5.41) is 0. The number of hydrogen-bond acceptors (Lipinski definition) is 3. The van der Waals surface area contributed by atoms with Gasteiger partial charge in [0.05, 0.1) is 12.6 Å². The van der Waals surface area contributed by atoms with Crippen LogP contribution >= 0.6 is 0 Å². The molecule has 0 bridgehead atoms. The maximum Gasteiger partial charge on any atom is 0.239 e. The van der Waals surface area contributed by atoms with Crippen LogP contribution in [0.5, 0.6) is 0 Å². The lowest BCUT2D eigenvalue weighted by Gasteiger charge is -2.34. The molecule has 1 saturated heterocycles. The average molecular weight is 223 g/mol. The van der Waals surface area contributed by atoms with Crippen molar-refractivity contribution in [2.75, 3.05) is 32.7 Å². The standard InChI is InChI=1S/C12H21N3O/c1-3-5-11(13)12(16)15-9-7-14(6-4-2)8-10-15/h2,11H,3,5-10,13H2,1H3/t11-/m0/s1. The van der Waals surface area contributed by atoms with Crippen molar-refractivity contribution in [1.82, 2.24) is 9.80 Å². The van der Waals surface area contributed by atoms with Gasteiger partial charge in [0.15, 0.2) is 0 Å². The Hall–Kier alpha value is -1.05. The van der Waals surface area contributed by atoms with Gasteiger partial charge in [0, 0.05) is 26.2 Å². The lowest BCUT2D eigenvalue weighted by atomic mass is 10.1. The Morgan fingerprint density at radius 1 is 1.44 bits per heavy atom. The predicted molar refractivity (Wildman–Crippen MR) is 64.7 cm³/mol. The van der Waals surface area contributed by atoms with E-state index in [-0.39, 0.29) is 11.9 Å². The van der Waals surface area contributed by atoms with Crippen LogP contribution in [0.2, 0.25) is 0 Å². The Balaban J connectivity index is 2.36. The zero-order chi connectivity index (χ0) is 12.0. The zero-order valence-corrected chi connectivity index (χ0v) is 9.98. The zero-order valence-electron chi connectivity index (χ0n) is 9.98. The third kappa shape index (κ3) is 3.51. The lowest BCUT2D eigenvalue weighted by Crippen LogP contribution is -2.53. The Kier molecular flexibility index (Phi) is 5.30. The summed E-state index contributed by atoms with van der Waals surface area (Å²) in [7, 11) is 0. The minimum absolute atomic E-state index is 0.0854. The Morgan fingerprint density at radius 3 is 2.56 bits per heavy atom. The molecule has 90 valence electrons. The van der Waals surface area contributed by atoms with Crippen molar-refractivity contribution in [3.63, 3.8) is 0 Å². The fraction of sp³-hybridized carbons (Fsp3) is 0.750. The van der Waals surface area contributed by atoms with Crippen LogP contribution in [0.15, 0.2) is 0 Å². The lowest BCUT2D eigenvalue weighted by molar-refractivity contribution is -0.134. The molecule has 0 aliphatic carbocycles. The highest BCUT2D eigenvalue weighted by Gasteiger charge is 2.24. The van der Waals surface area contributed by atoms with Gasteiger partial charge in [-0.1, -0.05) is 19.3 Å². The van der Waals surface area contributed by atoms with Crippen molar-refractivity contribution in [1.29, 1.82) is 0 Å². The number of terminal acetylenes is 1. The topological polar surface area (TPSA) is 49.6 Å². The first-order valence-corrected chi connectivity index (χ1v) is 5.89. The molecule has 0 saturated carbocycles. The van der Waals surface area contributed by atoms with Crippen molar-refractivity contribution < 1.29 is 4.79 Å². The fourth-order valence-electron chi connectivity index (χ4n) is 1.92. The van der Waals surface area contributed by atoms with Gasteiger partial charge in [0.25, 0.3) is 0 Å². The molecule has 16 heavy (non-hydrogen) atoms. The molecule has 0 unspecified atom stereocenters. The summed E-state index contributed by atoms with van der Waals surface area (Å²) in [5.74, 6) is 2.71. The van der Waals surface area contributed by atoms with Crippen LogP contribution < -0.4 is 5.73 Å². The van der Waals surface area contributed by atoms with Gasteiger partial charge < -0.3 is 10.6 Å². The number of nitrogens with two attached hydrogens (primary N) is 1. The summed E-state index contributed by atoms with van der Waals surface area (Å²) >= 11 is 0. The van der Waals surface area contributed by atoms with E-state index < -0.39 is 0 Å². The van der Waals surface area contributed by atoms with Crippen LogP contribution in [0.1, 0.15) is 19.8 Å². The third-order valence-corrected chi connectivity index (χ3v) is 2.92. The van der Waals surface area contributed by atoms with E-state index in [1.54, 1.807) is 0 Å². The predicted octanol–water partition coefficient (Wildman–Crippen LogP) is -0.109. The second kappa shape index (κ2) is 6.51. The van der Waals surface area contributed by atoms with Crippen molar-refractivity contribution in [3.05, 3.63) is 0 Å². The molecule has 0 spiro atoms. The van der Waals surface area contributed by atoms with Crippen molar-refractivity contribution in [3.8, 4) is 12.3 Å². The van der Waals surface area contributed by atoms with E-state index in [4.69, 9.17) is 12.2 Å². The number of nitrogens with zero attached hydrogens (tertiary/aromatic N) is 2. The molecular formula is C12H21N3O. The Labute approximate surface area is 97.8 Å². The molecule has 1 aliphatic rings. The molecule has 1 amide bonds. The number of rotatable bonds is 4. The molecule has 1 heterocycles. The number of carbonyl (C=O) groups excluding carboxylic acids is 1. The molecule has 2 N–H and O–H groups in total. The molecule has 0 aromatic heterocycles. The van der Waals surface area contributed by atoms with E-state index in [0.29, 0.717) is 6.54 Å². The first kappa shape index (κ1) is 13.0. The molecule has 0 aromatic carbocycles. The average Bonchev–Trinajstić information content (AvgIpc) is 2.30. The molecular weight excluding hydrogens is 202 g/mol. The number of carbonyl (C=O) groups is 1. The van der Waals surface area contributed by atoms with Crippen LogP contribution in [-0.4, -0.2) is 54.5 Å². The van der Waals surface area contributed by atoms with Crippen LogP contribution in [0, 0.1) is 12.3 Å². The summed E-state index contributed by atoms with van der Waals surface area (Å²) in [6.45, 7) is 5.92. The van der Waals surface area contributed by atoms with Gasteiger partial charge in [0.1, 0.15) is 0 Å². The molecule has 1 aliphatic heterocycles. The van der Waals surface area contributed by atoms with Crippen LogP contribution in [0.25, 0.3) is 0 Å². The minimum Gasteiger partial charge on any atom is -0.339 e. The van der Waals surface area contributed by atoms with E-state index in [9.17, 15) is 4.79 Å². The molecule has 0 radical (unpaired) electrons. The van der Waals surface area contributed by atoms with Crippen molar-refractivity contribution >= 4 is 5.91 Å². The Bertz CT molecular complexity index is 264. The van der Waals surface area contributed by atoms with Crippen molar-refractivity contribution in [2.45, 2.75) is 25.8 Å². The van der Waals surface area contributed by atoms with Gasteiger partial charge in [-0.15, -0.1) is 6.42 Å². The summed E-state index contributed by atoms with van der Waals surface area (Å²) in [5.41, 5.74) is 5.81. The van der Waals surface area contributed by atoms with Gasteiger partial charge in [-0.2, -0.15) is 0 Å². The maximum atomic E-state index is 11.9. The first-order chi connectivity index (χ1) is 7.69. The van der Waals surface area contributed by atoms with E-state index >= 15 is 0 Å². The Morgan fingerprint density at radius 2 is 2.06 bits per heavy atom. The normalized spacial score (nSPS) is 19.2. The molecule has 1 fully saturated rings. The van der Waals surface area contributed by atoms with E-state index in [1.165, 1.54) is 0 Å². The summed E-state index contributed by atoms with van der Waals surface area (Å²) in [6.07, 6.45) is 6.97. The second-order valence-electron chi connectivity index (χ2n) is 4.20. The highest BCUT2D eigenvalue weighted by molar-refractivity contribution is 5.81. The molecule has 4 heteroatoms. The van der Waals surface area contributed by atoms with Crippen LogP contribution in [-0.2, 0) is 4.79 Å². The molecule has 4 nitrogen and oxygen atoms in total. The van der Waals surface area contributed by atoms with Gasteiger partial charge in [-0.05, 0) is 6.42 Å². The van der Waals surface area contributed by atoms with Gasteiger partial charge in [-0.25, -0.2) is 0 Å². The third-order valence-electron chi connectivity index (χ3n) is 2.92. The number of hydrogen-bond donors (Lipinski definition) is 1. The SMILES string of the molecule is C#CCN1CCN(C(=O)[C@@H](N)CCC)CC1.